The van der Waals surface area contributed by atoms with Crippen LogP contribution >= 0.6 is 0 Å². The zero-order valence-corrected chi connectivity index (χ0v) is 18.6. The monoisotopic (exact) mass is 394 g/mol. The van der Waals surface area contributed by atoms with Gasteiger partial charge in [-0.3, -0.25) is 4.79 Å². The van der Waals surface area contributed by atoms with Crippen LogP contribution in [-0.2, 0) is 19.0 Å². The van der Waals surface area contributed by atoms with Crippen LogP contribution in [0.3, 0.4) is 0 Å². The summed E-state index contributed by atoms with van der Waals surface area (Å²) in [6, 6.07) is 0. The topological polar surface area (TPSA) is 61.8 Å². The van der Waals surface area contributed by atoms with Crippen molar-refractivity contribution in [1.82, 2.24) is 0 Å². The van der Waals surface area contributed by atoms with E-state index in [0.717, 1.165) is 51.4 Å². The van der Waals surface area contributed by atoms with E-state index in [1.165, 1.54) is 0 Å². The van der Waals surface area contributed by atoms with Crippen LogP contribution in [0.2, 0.25) is 0 Å². The van der Waals surface area contributed by atoms with Crippen molar-refractivity contribution in [2.75, 3.05) is 0 Å². The molecule has 160 valence electrons. The Morgan fingerprint density at radius 2 is 1.46 bits per heavy atom. The van der Waals surface area contributed by atoms with Crippen molar-refractivity contribution >= 4 is 12.1 Å². The number of hydrogen-bond donors (Lipinski definition) is 0. The molecule has 5 nitrogen and oxygen atoms in total. The van der Waals surface area contributed by atoms with Crippen molar-refractivity contribution in [1.29, 1.82) is 0 Å². The minimum Gasteiger partial charge on any atom is -0.458 e. The Balaban J connectivity index is 1.73. The summed E-state index contributed by atoms with van der Waals surface area (Å²) in [5.41, 5.74) is -2.03. The van der Waals surface area contributed by atoms with Gasteiger partial charge in [0.05, 0.1) is 5.41 Å². The van der Waals surface area contributed by atoms with Gasteiger partial charge in [-0.25, -0.2) is 4.79 Å². The Morgan fingerprint density at radius 3 is 1.96 bits per heavy atom. The highest BCUT2D eigenvalue weighted by Gasteiger charge is 2.62. The third-order valence-corrected chi connectivity index (χ3v) is 7.21. The molecule has 0 radical (unpaired) electrons. The summed E-state index contributed by atoms with van der Waals surface area (Å²) in [7, 11) is 0. The first-order valence-electron chi connectivity index (χ1n) is 11.1. The van der Waals surface area contributed by atoms with Crippen molar-refractivity contribution < 1.29 is 23.8 Å². The highest BCUT2D eigenvalue weighted by atomic mass is 16.7. The second kappa shape index (κ2) is 7.21. The molecule has 4 saturated carbocycles. The Morgan fingerprint density at radius 1 is 0.929 bits per heavy atom. The molecule has 0 saturated heterocycles. The molecule has 0 aliphatic heterocycles. The van der Waals surface area contributed by atoms with Gasteiger partial charge in [0.1, 0.15) is 16.8 Å². The molecule has 0 amide bonds. The second-order valence-corrected chi connectivity index (χ2v) is 10.9. The lowest BCUT2D eigenvalue weighted by atomic mass is 9.52. The summed E-state index contributed by atoms with van der Waals surface area (Å²) in [6.07, 6.45) is 7.21. The highest BCUT2D eigenvalue weighted by molar-refractivity contribution is 5.76. The maximum absolute atomic E-state index is 12.8. The van der Waals surface area contributed by atoms with E-state index in [-0.39, 0.29) is 5.97 Å². The number of rotatable bonds is 7. The van der Waals surface area contributed by atoms with Gasteiger partial charge in [0.2, 0.25) is 0 Å². The van der Waals surface area contributed by atoms with Gasteiger partial charge < -0.3 is 14.2 Å². The maximum Gasteiger partial charge on any atom is 0.509 e. The van der Waals surface area contributed by atoms with Crippen LogP contribution in [0, 0.1) is 17.3 Å². The van der Waals surface area contributed by atoms with Gasteiger partial charge in [-0.15, -0.1) is 0 Å². The lowest BCUT2D eigenvalue weighted by Crippen LogP contribution is -2.62. The summed E-state index contributed by atoms with van der Waals surface area (Å²) in [5.74, 6) is 0.782. The molecule has 0 aromatic heterocycles. The maximum atomic E-state index is 12.8. The average Bonchev–Trinajstić information content (AvgIpc) is 2.51. The smallest absolute Gasteiger partial charge is 0.458 e. The number of carbonyl (C=O) groups excluding carboxylic acids is 2. The van der Waals surface area contributed by atoms with E-state index in [0.29, 0.717) is 18.3 Å². The number of esters is 1. The molecule has 0 aromatic carbocycles. The van der Waals surface area contributed by atoms with E-state index in [4.69, 9.17) is 14.2 Å². The number of hydrogen-bond acceptors (Lipinski definition) is 5. The molecule has 2 unspecified atom stereocenters. The lowest BCUT2D eigenvalue weighted by Gasteiger charge is -2.60. The number of carbonyl (C=O) groups is 2. The molecule has 5 heteroatoms. The van der Waals surface area contributed by atoms with Gasteiger partial charge in [-0.1, -0.05) is 20.3 Å². The first-order chi connectivity index (χ1) is 12.9. The molecular formula is C23H38O5. The molecule has 2 atom stereocenters. The Bertz CT molecular complexity index is 606. The van der Waals surface area contributed by atoms with Crippen molar-refractivity contribution in [3.63, 3.8) is 0 Å². The minimum absolute atomic E-state index is 0.126. The molecule has 4 aliphatic rings. The van der Waals surface area contributed by atoms with E-state index in [9.17, 15) is 9.59 Å². The molecule has 4 rings (SSSR count). The fraction of sp³-hybridized carbons (Fsp3) is 0.913. The predicted molar refractivity (Wildman–Crippen MR) is 107 cm³/mol. The highest BCUT2D eigenvalue weighted by Crippen LogP contribution is 2.60. The second-order valence-electron chi connectivity index (χ2n) is 10.9. The van der Waals surface area contributed by atoms with Gasteiger partial charge in [-0.2, -0.15) is 0 Å². The van der Waals surface area contributed by atoms with Crippen molar-refractivity contribution in [2.45, 2.75) is 116 Å². The van der Waals surface area contributed by atoms with Gasteiger partial charge >= 0.3 is 12.1 Å². The van der Waals surface area contributed by atoms with E-state index >= 15 is 0 Å². The SMILES string of the molecule is CCCC(C)(C)OC(=O)OC12CC3CC(C1)CC(OC(=O)C(C)(C)CC)(C3)C2. The van der Waals surface area contributed by atoms with Crippen LogP contribution in [0.25, 0.3) is 0 Å². The molecule has 28 heavy (non-hydrogen) atoms. The Kier molecular flexibility index (Phi) is 5.52. The predicted octanol–water partition coefficient (Wildman–Crippen LogP) is 5.79. The summed E-state index contributed by atoms with van der Waals surface area (Å²) < 4.78 is 17.8. The third kappa shape index (κ3) is 4.33. The van der Waals surface area contributed by atoms with Gasteiger partial charge in [0, 0.05) is 6.42 Å². The molecule has 0 spiro atoms. The van der Waals surface area contributed by atoms with Crippen molar-refractivity contribution in [3.05, 3.63) is 0 Å². The first kappa shape index (κ1) is 21.4. The van der Waals surface area contributed by atoms with Crippen LogP contribution in [-0.4, -0.2) is 28.9 Å². The van der Waals surface area contributed by atoms with Crippen LogP contribution in [0.4, 0.5) is 4.79 Å². The largest absolute Gasteiger partial charge is 0.509 e. The molecular weight excluding hydrogens is 356 g/mol. The summed E-state index contributed by atoms with van der Waals surface area (Å²) in [5, 5.41) is 0. The van der Waals surface area contributed by atoms with E-state index in [2.05, 4.69) is 6.92 Å². The Hall–Kier alpha value is -1.26. The molecule has 4 bridgehead atoms. The van der Waals surface area contributed by atoms with Crippen molar-refractivity contribution in [2.24, 2.45) is 17.3 Å². The summed E-state index contributed by atoms with van der Waals surface area (Å²) >= 11 is 0. The zero-order valence-electron chi connectivity index (χ0n) is 18.6. The Labute approximate surface area is 169 Å². The third-order valence-electron chi connectivity index (χ3n) is 7.21. The van der Waals surface area contributed by atoms with Crippen LogP contribution in [0.1, 0.15) is 99.3 Å². The minimum atomic E-state index is -0.573. The average molecular weight is 395 g/mol. The van der Waals surface area contributed by atoms with Gasteiger partial charge in [-0.05, 0) is 84.5 Å². The standard InChI is InChI=1S/C23H38O5/c1-7-9-21(5,6)27-19(25)28-23-13-16-10-17(14-23)12-22(11-16,15-23)26-18(24)20(3,4)8-2/h16-17H,7-15H2,1-6H3. The zero-order chi connectivity index (χ0) is 20.8. The fourth-order valence-corrected chi connectivity index (χ4v) is 5.89. The van der Waals surface area contributed by atoms with Crippen LogP contribution in [0.5, 0.6) is 0 Å². The molecule has 0 N–H and O–H groups in total. The fourth-order valence-electron chi connectivity index (χ4n) is 5.89. The molecule has 4 fully saturated rings. The molecule has 0 aromatic rings. The lowest BCUT2D eigenvalue weighted by molar-refractivity contribution is -0.230. The molecule has 0 heterocycles. The quantitative estimate of drug-likeness (QED) is 0.512. The van der Waals surface area contributed by atoms with Crippen LogP contribution in [0.15, 0.2) is 0 Å². The molecule has 4 aliphatic carbocycles. The summed E-state index contributed by atoms with van der Waals surface area (Å²) in [6.45, 7) is 11.8. The van der Waals surface area contributed by atoms with Gasteiger partial charge in [0.15, 0.2) is 0 Å². The van der Waals surface area contributed by atoms with Crippen LogP contribution < -0.4 is 0 Å². The van der Waals surface area contributed by atoms with E-state index in [1.54, 1.807) is 0 Å². The summed E-state index contributed by atoms with van der Waals surface area (Å²) in [4.78, 5) is 25.4. The number of ether oxygens (including phenoxy) is 3. The first-order valence-corrected chi connectivity index (χ1v) is 11.1. The van der Waals surface area contributed by atoms with E-state index < -0.39 is 28.4 Å². The normalized spacial score (nSPS) is 34.2. The van der Waals surface area contributed by atoms with Crippen molar-refractivity contribution in [3.8, 4) is 0 Å². The van der Waals surface area contributed by atoms with E-state index in [1.807, 2.05) is 34.6 Å². The van der Waals surface area contributed by atoms with Gasteiger partial charge in [0.25, 0.3) is 0 Å².